The number of hydrogen-bond acceptors (Lipinski definition) is 3. The van der Waals surface area contributed by atoms with Crippen molar-refractivity contribution in [2.24, 2.45) is 0 Å². The van der Waals surface area contributed by atoms with Gasteiger partial charge < -0.3 is 14.4 Å². The standard InChI is InChI=1S/C17H16ClF2NO3/c1-21(8-9-23-14-5-2-12(18)3-6-14)17(22)11-24-16-7-4-13(19)10-15(16)20/h2-7,10H,8-9,11H2,1H3. The van der Waals surface area contributed by atoms with Gasteiger partial charge in [-0.05, 0) is 36.4 Å². The molecule has 2 aromatic rings. The lowest BCUT2D eigenvalue weighted by molar-refractivity contribution is -0.132. The molecule has 2 rings (SSSR count). The average molecular weight is 356 g/mol. The lowest BCUT2D eigenvalue weighted by atomic mass is 10.3. The fourth-order valence-corrected chi connectivity index (χ4v) is 1.92. The van der Waals surface area contributed by atoms with E-state index in [1.807, 2.05) is 0 Å². The Morgan fingerprint density at radius 3 is 2.50 bits per heavy atom. The minimum atomic E-state index is -0.850. The zero-order valence-electron chi connectivity index (χ0n) is 13.0. The van der Waals surface area contributed by atoms with Crippen molar-refractivity contribution in [3.63, 3.8) is 0 Å². The van der Waals surface area contributed by atoms with Crippen molar-refractivity contribution < 1.29 is 23.0 Å². The third-order valence-corrected chi connectivity index (χ3v) is 3.43. The highest BCUT2D eigenvalue weighted by Gasteiger charge is 2.12. The van der Waals surface area contributed by atoms with Crippen molar-refractivity contribution >= 4 is 17.5 Å². The second-order valence-corrected chi connectivity index (χ2v) is 5.42. The van der Waals surface area contributed by atoms with E-state index in [4.69, 9.17) is 21.1 Å². The molecule has 0 bridgehead atoms. The van der Waals surface area contributed by atoms with Crippen LogP contribution in [0.4, 0.5) is 8.78 Å². The molecule has 0 saturated heterocycles. The maximum Gasteiger partial charge on any atom is 0.260 e. The van der Waals surface area contributed by atoms with Crippen molar-refractivity contribution in [1.82, 2.24) is 4.90 Å². The van der Waals surface area contributed by atoms with Crippen LogP contribution in [0.15, 0.2) is 42.5 Å². The second-order valence-electron chi connectivity index (χ2n) is 4.98. The summed E-state index contributed by atoms with van der Waals surface area (Å²) in [5.74, 6) is -1.43. The third kappa shape index (κ3) is 5.38. The number of carbonyl (C=O) groups is 1. The Balaban J connectivity index is 1.74. The molecule has 0 aliphatic heterocycles. The number of halogens is 3. The van der Waals surface area contributed by atoms with E-state index in [0.29, 0.717) is 23.4 Å². The van der Waals surface area contributed by atoms with Gasteiger partial charge in [0.25, 0.3) is 5.91 Å². The molecule has 0 heterocycles. The Morgan fingerprint density at radius 1 is 1.12 bits per heavy atom. The van der Waals surface area contributed by atoms with Gasteiger partial charge in [0, 0.05) is 18.1 Å². The van der Waals surface area contributed by atoms with Crippen molar-refractivity contribution in [2.75, 3.05) is 26.8 Å². The maximum atomic E-state index is 13.4. The second kappa shape index (κ2) is 8.49. The maximum absolute atomic E-state index is 13.4. The van der Waals surface area contributed by atoms with Gasteiger partial charge in [-0.3, -0.25) is 4.79 Å². The van der Waals surface area contributed by atoms with Crippen LogP contribution in [0.25, 0.3) is 0 Å². The van der Waals surface area contributed by atoms with E-state index >= 15 is 0 Å². The predicted molar refractivity (Wildman–Crippen MR) is 86.4 cm³/mol. The molecule has 0 radical (unpaired) electrons. The van der Waals surface area contributed by atoms with Crippen LogP contribution in [-0.2, 0) is 4.79 Å². The summed E-state index contributed by atoms with van der Waals surface area (Å²) >= 11 is 5.77. The Labute approximate surface area is 143 Å². The van der Waals surface area contributed by atoms with Gasteiger partial charge in [0.15, 0.2) is 18.2 Å². The molecule has 0 aliphatic carbocycles. The molecular formula is C17H16ClF2NO3. The van der Waals surface area contributed by atoms with E-state index < -0.39 is 11.6 Å². The van der Waals surface area contributed by atoms with Crippen LogP contribution in [0.3, 0.4) is 0 Å². The monoisotopic (exact) mass is 355 g/mol. The first-order valence-electron chi connectivity index (χ1n) is 7.16. The van der Waals surface area contributed by atoms with Gasteiger partial charge in [-0.2, -0.15) is 0 Å². The molecule has 0 saturated carbocycles. The minimum Gasteiger partial charge on any atom is -0.492 e. The molecule has 7 heteroatoms. The Morgan fingerprint density at radius 2 is 1.83 bits per heavy atom. The normalized spacial score (nSPS) is 10.3. The van der Waals surface area contributed by atoms with E-state index in [1.165, 1.54) is 4.90 Å². The quantitative estimate of drug-likeness (QED) is 0.762. The zero-order valence-corrected chi connectivity index (χ0v) is 13.7. The van der Waals surface area contributed by atoms with Crippen LogP contribution in [0, 0.1) is 11.6 Å². The molecule has 0 fully saturated rings. The fraction of sp³-hybridized carbons (Fsp3) is 0.235. The van der Waals surface area contributed by atoms with Crippen molar-refractivity contribution in [3.8, 4) is 11.5 Å². The number of benzene rings is 2. The van der Waals surface area contributed by atoms with Gasteiger partial charge in [-0.1, -0.05) is 11.6 Å². The van der Waals surface area contributed by atoms with Crippen molar-refractivity contribution in [2.45, 2.75) is 0 Å². The number of rotatable bonds is 7. The van der Waals surface area contributed by atoms with E-state index in [2.05, 4.69) is 0 Å². The van der Waals surface area contributed by atoms with Gasteiger partial charge in [0.05, 0.1) is 6.54 Å². The highest BCUT2D eigenvalue weighted by Crippen LogP contribution is 2.17. The van der Waals surface area contributed by atoms with E-state index in [1.54, 1.807) is 31.3 Å². The van der Waals surface area contributed by atoms with Gasteiger partial charge >= 0.3 is 0 Å². The van der Waals surface area contributed by atoms with Crippen LogP contribution in [0.5, 0.6) is 11.5 Å². The summed E-state index contributed by atoms with van der Waals surface area (Å²) in [6.07, 6.45) is 0. The largest absolute Gasteiger partial charge is 0.492 e. The van der Waals surface area contributed by atoms with E-state index in [-0.39, 0.29) is 24.9 Å². The first-order valence-corrected chi connectivity index (χ1v) is 7.53. The Bertz CT molecular complexity index is 695. The number of carbonyl (C=O) groups excluding carboxylic acids is 1. The highest BCUT2D eigenvalue weighted by molar-refractivity contribution is 6.30. The minimum absolute atomic E-state index is 0.171. The average Bonchev–Trinajstić information content (AvgIpc) is 2.55. The Hall–Kier alpha value is -2.34. The van der Waals surface area contributed by atoms with Crippen molar-refractivity contribution in [1.29, 1.82) is 0 Å². The van der Waals surface area contributed by atoms with Crippen LogP contribution >= 0.6 is 11.6 Å². The molecule has 4 nitrogen and oxygen atoms in total. The van der Waals surface area contributed by atoms with Gasteiger partial charge in [0.1, 0.15) is 18.2 Å². The number of amides is 1. The molecule has 128 valence electrons. The van der Waals surface area contributed by atoms with Gasteiger partial charge in [0.2, 0.25) is 0 Å². The summed E-state index contributed by atoms with van der Waals surface area (Å²) in [5.41, 5.74) is 0. The van der Waals surface area contributed by atoms with Crippen LogP contribution in [0.2, 0.25) is 5.02 Å². The van der Waals surface area contributed by atoms with Gasteiger partial charge in [-0.25, -0.2) is 8.78 Å². The topological polar surface area (TPSA) is 38.8 Å². The molecule has 24 heavy (non-hydrogen) atoms. The fourth-order valence-electron chi connectivity index (χ4n) is 1.80. The third-order valence-electron chi connectivity index (χ3n) is 3.18. The molecule has 0 N–H and O–H groups in total. The highest BCUT2D eigenvalue weighted by atomic mass is 35.5. The predicted octanol–water partition coefficient (Wildman–Crippen LogP) is 3.53. The number of ether oxygens (including phenoxy) is 2. The summed E-state index contributed by atoms with van der Waals surface area (Å²) in [6.45, 7) is 0.269. The van der Waals surface area contributed by atoms with Crippen LogP contribution in [-0.4, -0.2) is 37.6 Å². The number of nitrogens with zero attached hydrogens (tertiary/aromatic N) is 1. The van der Waals surface area contributed by atoms with Crippen molar-refractivity contribution in [3.05, 3.63) is 59.1 Å². The molecule has 0 atom stereocenters. The summed E-state index contributed by atoms with van der Waals surface area (Å²) in [7, 11) is 1.58. The van der Waals surface area contributed by atoms with Gasteiger partial charge in [-0.15, -0.1) is 0 Å². The zero-order chi connectivity index (χ0) is 17.5. The summed E-state index contributed by atoms with van der Waals surface area (Å²) < 4.78 is 36.7. The molecule has 0 spiro atoms. The molecule has 2 aromatic carbocycles. The molecule has 0 unspecified atom stereocenters. The van der Waals surface area contributed by atoms with Crippen LogP contribution < -0.4 is 9.47 Å². The Kier molecular flexibility index (Phi) is 6.37. The molecular weight excluding hydrogens is 340 g/mol. The SMILES string of the molecule is CN(CCOc1ccc(Cl)cc1)C(=O)COc1ccc(F)cc1F. The molecule has 0 aliphatic rings. The molecule has 0 aromatic heterocycles. The first kappa shape index (κ1) is 18.0. The van der Waals surface area contributed by atoms with E-state index in [9.17, 15) is 13.6 Å². The summed E-state index contributed by atoms with van der Waals surface area (Å²) in [6, 6.07) is 9.76. The first-order chi connectivity index (χ1) is 11.5. The molecule has 1 amide bonds. The number of hydrogen-bond donors (Lipinski definition) is 0. The smallest absolute Gasteiger partial charge is 0.260 e. The lowest BCUT2D eigenvalue weighted by Gasteiger charge is -2.18. The summed E-state index contributed by atoms with van der Waals surface area (Å²) in [4.78, 5) is 13.3. The van der Waals surface area contributed by atoms with E-state index in [0.717, 1.165) is 12.1 Å². The summed E-state index contributed by atoms with van der Waals surface area (Å²) in [5, 5.41) is 0.611. The number of likely N-dealkylation sites (N-methyl/N-ethyl adjacent to an activating group) is 1. The lowest BCUT2D eigenvalue weighted by Crippen LogP contribution is -2.34. The van der Waals surface area contributed by atoms with Crippen LogP contribution in [0.1, 0.15) is 0 Å².